The maximum Gasteiger partial charge on any atom is 0.237 e. The van der Waals surface area contributed by atoms with Gasteiger partial charge in [0.05, 0.1) is 27.2 Å². The van der Waals surface area contributed by atoms with Crippen LogP contribution >= 0.6 is 0 Å². The molecule has 0 heterocycles. The summed E-state index contributed by atoms with van der Waals surface area (Å²) in [4.78, 5) is 15.3. The Morgan fingerprint density at radius 1 is 0.920 bits per heavy atom. The number of likely N-dealkylation sites (N-methyl/N-ethyl adjacent to an activating group) is 1. The SMILES string of the molecule is C[C@@H](CC(C(=O)N(C)C)(c1ccccc1)c1ccccc1)[N+](C)(C)C. The van der Waals surface area contributed by atoms with Crippen molar-refractivity contribution in [1.29, 1.82) is 0 Å². The van der Waals surface area contributed by atoms with Gasteiger partial charge in [0.1, 0.15) is 5.41 Å². The minimum Gasteiger partial charge on any atom is -0.348 e. The largest absolute Gasteiger partial charge is 0.348 e. The second kappa shape index (κ2) is 7.40. The minimum absolute atomic E-state index is 0.130. The number of amides is 1. The smallest absolute Gasteiger partial charge is 0.237 e. The molecule has 0 aromatic heterocycles. The maximum absolute atomic E-state index is 13.5. The van der Waals surface area contributed by atoms with Crippen molar-refractivity contribution < 1.29 is 9.28 Å². The first kappa shape index (κ1) is 19.2. The average Bonchev–Trinajstić information content (AvgIpc) is 2.59. The van der Waals surface area contributed by atoms with Crippen LogP contribution in [0.2, 0.25) is 0 Å². The molecule has 3 nitrogen and oxygen atoms in total. The summed E-state index contributed by atoms with van der Waals surface area (Å²) in [5, 5.41) is 0. The van der Waals surface area contributed by atoms with Crippen molar-refractivity contribution in [2.24, 2.45) is 0 Å². The Hall–Kier alpha value is -2.13. The van der Waals surface area contributed by atoms with Crippen LogP contribution in [0.15, 0.2) is 60.7 Å². The van der Waals surface area contributed by atoms with E-state index in [0.717, 1.165) is 22.0 Å². The summed E-state index contributed by atoms with van der Waals surface area (Å²) < 4.78 is 0.808. The van der Waals surface area contributed by atoms with E-state index in [-0.39, 0.29) is 5.91 Å². The molecule has 0 N–H and O–H groups in total. The minimum atomic E-state index is -0.684. The molecule has 0 aliphatic heterocycles. The molecule has 0 unspecified atom stereocenters. The molecule has 0 saturated carbocycles. The van der Waals surface area contributed by atoms with Gasteiger partial charge in [0.25, 0.3) is 0 Å². The predicted octanol–water partition coefficient (Wildman–Crippen LogP) is 3.55. The number of hydrogen-bond donors (Lipinski definition) is 0. The number of quaternary nitrogens is 1. The molecule has 1 atom stereocenters. The summed E-state index contributed by atoms with van der Waals surface area (Å²) in [5.74, 6) is 0.130. The fourth-order valence-electron chi connectivity index (χ4n) is 3.28. The highest BCUT2D eigenvalue weighted by Gasteiger charge is 2.46. The van der Waals surface area contributed by atoms with E-state index in [1.165, 1.54) is 0 Å². The monoisotopic (exact) mass is 339 g/mol. The third-order valence-electron chi connectivity index (χ3n) is 5.23. The molecule has 1 amide bonds. The molecule has 2 aromatic rings. The van der Waals surface area contributed by atoms with E-state index in [1.54, 1.807) is 4.90 Å². The van der Waals surface area contributed by atoms with Crippen LogP contribution in [-0.2, 0) is 10.2 Å². The molecule has 25 heavy (non-hydrogen) atoms. The maximum atomic E-state index is 13.5. The molecule has 0 saturated heterocycles. The van der Waals surface area contributed by atoms with E-state index in [9.17, 15) is 4.79 Å². The molecule has 0 aliphatic carbocycles. The Kier molecular flexibility index (Phi) is 5.69. The first-order valence-electron chi connectivity index (χ1n) is 8.83. The van der Waals surface area contributed by atoms with Crippen molar-refractivity contribution in [3.8, 4) is 0 Å². The van der Waals surface area contributed by atoms with Gasteiger partial charge in [-0.15, -0.1) is 0 Å². The Morgan fingerprint density at radius 2 is 1.32 bits per heavy atom. The molecule has 0 aliphatic rings. The Labute approximate surface area is 152 Å². The van der Waals surface area contributed by atoms with Crippen LogP contribution in [0.1, 0.15) is 24.5 Å². The van der Waals surface area contributed by atoms with Crippen molar-refractivity contribution in [2.75, 3.05) is 35.2 Å². The van der Waals surface area contributed by atoms with Gasteiger partial charge in [-0.25, -0.2) is 0 Å². The third-order valence-corrected chi connectivity index (χ3v) is 5.23. The lowest BCUT2D eigenvalue weighted by molar-refractivity contribution is -0.894. The number of nitrogens with zero attached hydrogens (tertiary/aromatic N) is 2. The van der Waals surface area contributed by atoms with E-state index in [0.29, 0.717) is 6.04 Å². The number of hydrogen-bond acceptors (Lipinski definition) is 1. The molecular formula is C22H31N2O+. The van der Waals surface area contributed by atoms with Gasteiger partial charge in [-0.1, -0.05) is 60.7 Å². The summed E-state index contributed by atoms with van der Waals surface area (Å²) in [7, 11) is 10.3. The molecular weight excluding hydrogens is 308 g/mol. The zero-order valence-electron chi connectivity index (χ0n) is 16.4. The average molecular weight is 340 g/mol. The van der Waals surface area contributed by atoms with Crippen molar-refractivity contribution in [2.45, 2.75) is 24.8 Å². The van der Waals surface area contributed by atoms with Crippen LogP contribution < -0.4 is 0 Å². The summed E-state index contributed by atoms with van der Waals surface area (Å²) in [6, 6.07) is 20.7. The standard InChI is InChI=1S/C22H31N2O/c1-18(24(4,5)6)17-22(21(25)23(2)3,19-13-9-7-10-14-19)20-15-11-8-12-16-20/h7-16,18H,17H2,1-6H3/q+1/t18-/m0/s1. The lowest BCUT2D eigenvalue weighted by Crippen LogP contribution is -2.52. The fraction of sp³-hybridized carbons (Fsp3) is 0.409. The van der Waals surface area contributed by atoms with Gasteiger partial charge in [-0.05, 0) is 18.1 Å². The van der Waals surface area contributed by atoms with E-state index in [4.69, 9.17) is 0 Å². The quantitative estimate of drug-likeness (QED) is 0.737. The number of benzene rings is 2. The summed E-state index contributed by atoms with van der Waals surface area (Å²) in [6.07, 6.45) is 0.752. The van der Waals surface area contributed by atoms with Crippen LogP contribution in [0.4, 0.5) is 0 Å². The van der Waals surface area contributed by atoms with Crippen molar-refractivity contribution in [3.05, 3.63) is 71.8 Å². The second-order valence-corrected chi connectivity index (χ2v) is 8.01. The van der Waals surface area contributed by atoms with E-state index < -0.39 is 5.41 Å². The molecule has 0 fully saturated rings. The van der Waals surface area contributed by atoms with Crippen molar-refractivity contribution in [3.63, 3.8) is 0 Å². The molecule has 3 heteroatoms. The van der Waals surface area contributed by atoms with Crippen LogP contribution in [0.3, 0.4) is 0 Å². The molecule has 0 radical (unpaired) electrons. The van der Waals surface area contributed by atoms with Gasteiger partial charge in [0.15, 0.2) is 0 Å². The van der Waals surface area contributed by atoms with Gasteiger partial charge in [0.2, 0.25) is 5.91 Å². The highest BCUT2D eigenvalue weighted by atomic mass is 16.2. The first-order valence-corrected chi connectivity index (χ1v) is 8.83. The normalized spacial score (nSPS) is 13.4. The molecule has 0 spiro atoms. The zero-order chi connectivity index (χ0) is 18.7. The van der Waals surface area contributed by atoms with Gasteiger partial charge >= 0.3 is 0 Å². The molecule has 134 valence electrons. The van der Waals surface area contributed by atoms with Gasteiger partial charge < -0.3 is 9.38 Å². The molecule has 2 aromatic carbocycles. The lowest BCUT2D eigenvalue weighted by atomic mass is 9.69. The second-order valence-electron chi connectivity index (χ2n) is 8.01. The van der Waals surface area contributed by atoms with Crippen molar-refractivity contribution >= 4 is 5.91 Å². The van der Waals surface area contributed by atoms with Crippen LogP contribution in [0.25, 0.3) is 0 Å². The predicted molar refractivity (Wildman–Crippen MR) is 104 cm³/mol. The fourth-order valence-corrected chi connectivity index (χ4v) is 3.28. The highest BCUT2D eigenvalue weighted by molar-refractivity contribution is 5.92. The van der Waals surface area contributed by atoms with Crippen molar-refractivity contribution in [1.82, 2.24) is 4.90 Å². The number of carbonyl (C=O) groups excluding carboxylic acids is 1. The highest BCUT2D eigenvalue weighted by Crippen LogP contribution is 2.39. The van der Waals surface area contributed by atoms with Gasteiger partial charge in [0, 0.05) is 20.5 Å². The van der Waals surface area contributed by atoms with Crippen LogP contribution in [-0.4, -0.2) is 56.6 Å². The van der Waals surface area contributed by atoms with E-state index in [2.05, 4.69) is 52.3 Å². The van der Waals surface area contributed by atoms with Gasteiger partial charge in [-0.2, -0.15) is 0 Å². The molecule has 2 rings (SSSR count). The topological polar surface area (TPSA) is 20.3 Å². The zero-order valence-corrected chi connectivity index (χ0v) is 16.4. The van der Waals surface area contributed by atoms with Crippen LogP contribution in [0, 0.1) is 0 Å². The third kappa shape index (κ3) is 3.93. The van der Waals surface area contributed by atoms with E-state index in [1.807, 2.05) is 50.5 Å². The molecule has 0 bridgehead atoms. The van der Waals surface area contributed by atoms with Crippen LogP contribution in [0.5, 0.6) is 0 Å². The Morgan fingerprint density at radius 3 is 1.64 bits per heavy atom. The summed E-state index contributed by atoms with van der Waals surface area (Å²) >= 11 is 0. The first-order chi connectivity index (χ1) is 11.7. The Balaban J connectivity index is 2.72. The Bertz CT molecular complexity index is 647. The summed E-state index contributed by atoms with van der Waals surface area (Å²) in [5.41, 5.74) is 1.43. The van der Waals surface area contributed by atoms with E-state index >= 15 is 0 Å². The lowest BCUT2D eigenvalue weighted by Gasteiger charge is -2.41. The number of rotatable bonds is 6. The van der Waals surface area contributed by atoms with Gasteiger partial charge in [-0.3, -0.25) is 4.79 Å². The number of carbonyl (C=O) groups is 1. The summed E-state index contributed by atoms with van der Waals surface area (Å²) in [6.45, 7) is 2.23.